The lowest BCUT2D eigenvalue weighted by Crippen LogP contribution is -2.33. The molecule has 1 fully saturated rings. The van der Waals surface area contributed by atoms with E-state index in [4.69, 9.17) is 4.74 Å². The minimum atomic E-state index is -2.98. The molecule has 138 valence electrons. The maximum absolute atomic E-state index is 12.3. The van der Waals surface area contributed by atoms with E-state index in [0.29, 0.717) is 23.7 Å². The Labute approximate surface area is 152 Å². The lowest BCUT2D eigenvalue weighted by atomic mass is 10.2. The molecule has 3 rings (SSSR count). The van der Waals surface area contributed by atoms with Gasteiger partial charge in [0.2, 0.25) is 0 Å². The van der Waals surface area contributed by atoms with Crippen LogP contribution in [-0.4, -0.2) is 56.2 Å². The molecule has 1 unspecified atom stereocenters. The van der Waals surface area contributed by atoms with Gasteiger partial charge in [0.15, 0.2) is 21.3 Å². The summed E-state index contributed by atoms with van der Waals surface area (Å²) in [4.78, 5) is 14.1. The molecule has 0 bridgehead atoms. The number of hydrogen-bond acceptors (Lipinski definition) is 7. The van der Waals surface area contributed by atoms with E-state index in [-0.39, 0.29) is 23.2 Å². The van der Waals surface area contributed by atoms with Crippen molar-refractivity contribution in [3.05, 3.63) is 42.1 Å². The van der Waals surface area contributed by atoms with Crippen LogP contribution in [0.2, 0.25) is 0 Å². The van der Waals surface area contributed by atoms with Crippen LogP contribution in [0.5, 0.6) is 5.75 Å². The predicted octanol–water partition coefficient (Wildman–Crippen LogP) is 1.36. The largest absolute Gasteiger partial charge is 0.495 e. The van der Waals surface area contributed by atoms with Crippen LogP contribution in [0.1, 0.15) is 16.9 Å². The molecular formula is C17H20N4O4S. The number of hydrogen-bond donors (Lipinski definition) is 1. The van der Waals surface area contributed by atoms with E-state index in [0.717, 1.165) is 0 Å². The quantitative estimate of drug-likeness (QED) is 0.841. The Morgan fingerprint density at radius 3 is 2.62 bits per heavy atom. The summed E-state index contributed by atoms with van der Waals surface area (Å²) in [5.41, 5.74) is 0.700. The molecule has 0 radical (unpaired) electrons. The Balaban J connectivity index is 1.70. The molecule has 1 aromatic carbocycles. The van der Waals surface area contributed by atoms with Crippen molar-refractivity contribution in [2.75, 3.05) is 35.9 Å². The first-order valence-corrected chi connectivity index (χ1v) is 9.93. The summed E-state index contributed by atoms with van der Waals surface area (Å²) >= 11 is 0. The van der Waals surface area contributed by atoms with E-state index in [1.807, 2.05) is 6.07 Å². The van der Waals surface area contributed by atoms with Gasteiger partial charge >= 0.3 is 0 Å². The molecule has 1 saturated heterocycles. The number of ether oxygens (including phenoxy) is 1. The lowest BCUT2D eigenvalue weighted by Gasteiger charge is -2.23. The van der Waals surface area contributed by atoms with E-state index in [1.54, 1.807) is 42.3 Å². The summed E-state index contributed by atoms with van der Waals surface area (Å²) in [6.07, 6.45) is 0.566. The Hall–Kier alpha value is -2.68. The fourth-order valence-electron chi connectivity index (χ4n) is 2.84. The molecule has 0 aliphatic carbocycles. The maximum atomic E-state index is 12.3. The average molecular weight is 376 g/mol. The first kappa shape index (κ1) is 18.1. The van der Waals surface area contributed by atoms with Crippen LogP contribution < -0.4 is 15.0 Å². The van der Waals surface area contributed by atoms with Crippen LogP contribution in [-0.2, 0) is 9.84 Å². The first-order valence-electron chi connectivity index (χ1n) is 8.11. The van der Waals surface area contributed by atoms with Gasteiger partial charge in [-0.1, -0.05) is 12.1 Å². The van der Waals surface area contributed by atoms with Crippen LogP contribution in [0.25, 0.3) is 0 Å². The minimum Gasteiger partial charge on any atom is -0.495 e. The number of nitrogens with one attached hydrogen (secondary N) is 1. The van der Waals surface area contributed by atoms with Gasteiger partial charge in [-0.3, -0.25) is 4.79 Å². The van der Waals surface area contributed by atoms with Gasteiger partial charge in [-0.25, -0.2) is 8.42 Å². The number of sulfone groups is 1. The predicted molar refractivity (Wildman–Crippen MR) is 98.4 cm³/mol. The minimum absolute atomic E-state index is 0.112. The average Bonchev–Trinajstić information content (AvgIpc) is 3.01. The molecule has 26 heavy (non-hydrogen) atoms. The van der Waals surface area contributed by atoms with Gasteiger partial charge in [-0.2, -0.15) is 0 Å². The van der Waals surface area contributed by atoms with Crippen molar-refractivity contribution in [3.63, 3.8) is 0 Å². The van der Waals surface area contributed by atoms with E-state index < -0.39 is 15.7 Å². The third kappa shape index (κ3) is 3.93. The summed E-state index contributed by atoms with van der Waals surface area (Å²) in [5, 5.41) is 10.8. The number of aromatic nitrogens is 2. The van der Waals surface area contributed by atoms with Gasteiger partial charge in [0.25, 0.3) is 5.91 Å². The number of para-hydroxylation sites is 2. The first-order chi connectivity index (χ1) is 12.4. The van der Waals surface area contributed by atoms with Crippen molar-refractivity contribution in [1.82, 2.24) is 10.2 Å². The highest BCUT2D eigenvalue weighted by Gasteiger charge is 2.31. The van der Waals surface area contributed by atoms with E-state index in [9.17, 15) is 13.2 Å². The topological polar surface area (TPSA) is 101 Å². The number of anilines is 2. The number of rotatable bonds is 5. The number of amides is 1. The van der Waals surface area contributed by atoms with E-state index in [2.05, 4.69) is 15.5 Å². The van der Waals surface area contributed by atoms with E-state index >= 15 is 0 Å². The zero-order valence-corrected chi connectivity index (χ0v) is 15.4. The highest BCUT2D eigenvalue weighted by atomic mass is 32.2. The van der Waals surface area contributed by atoms with Crippen LogP contribution in [0, 0.1) is 0 Å². The van der Waals surface area contributed by atoms with Gasteiger partial charge in [0.05, 0.1) is 24.3 Å². The monoisotopic (exact) mass is 376 g/mol. The molecule has 1 atom stereocenters. The maximum Gasteiger partial charge on any atom is 0.276 e. The second kappa shape index (κ2) is 7.28. The van der Waals surface area contributed by atoms with Crippen molar-refractivity contribution in [2.45, 2.75) is 12.5 Å². The second-order valence-corrected chi connectivity index (χ2v) is 8.33. The highest BCUT2D eigenvalue weighted by Crippen LogP contribution is 2.24. The number of carbonyl (C=O) groups is 1. The fraction of sp³-hybridized carbons (Fsp3) is 0.353. The molecule has 1 N–H and O–H groups in total. The van der Waals surface area contributed by atoms with Crippen LogP contribution >= 0.6 is 0 Å². The third-order valence-corrected chi connectivity index (χ3v) is 6.11. The molecule has 9 heteroatoms. The SMILES string of the molecule is COc1ccccc1NC(=O)c1ccc(N(C)C2CCS(=O)(=O)C2)nn1. The van der Waals surface area contributed by atoms with Gasteiger partial charge in [-0.05, 0) is 30.7 Å². The van der Waals surface area contributed by atoms with Crippen molar-refractivity contribution in [2.24, 2.45) is 0 Å². The summed E-state index contributed by atoms with van der Waals surface area (Å²) in [6.45, 7) is 0. The van der Waals surface area contributed by atoms with Crippen molar-refractivity contribution in [1.29, 1.82) is 0 Å². The normalized spacial score (nSPS) is 18.3. The molecule has 1 aliphatic heterocycles. The lowest BCUT2D eigenvalue weighted by molar-refractivity contribution is 0.102. The standard InChI is InChI=1S/C17H20N4O4S/c1-21(12-9-10-26(23,24)11-12)16-8-7-14(19-20-16)17(22)18-13-5-3-4-6-15(13)25-2/h3-8,12H,9-11H2,1-2H3,(H,18,22). The zero-order chi connectivity index (χ0) is 18.7. The van der Waals surface area contributed by atoms with Gasteiger partial charge in [-0.15, -0.1) is 10.2 Å². The van der Waals surface area contributed by atoms with Gasteiger partial charge < -0.3 is 15.0 Å². The molecule has 2 heterocycles. The van der Waals surface area contributed by atoms with Crippen LogP contribution in [0.3, 0.4) is 0 Å². The second-order valence-electron chi connectivity index (χ2n) is 6.10. The Morgan fingerprint density at radius 2 is 2.00 bits per heavy atom. The summed E-state index contributed by atoms with van der Waals surface area (Å²) < 4.78 is 28.4. The Bertz CT molecular complexity index is 899. The van der Waals surface area contributed by atoms with Crippen molar-refractivity contribution >= 4 is 27.2 Å². The van der Waals surface area contributed by atoms with Gasteiger partial charge in [0, 0.05) is 13.1 Å². The fourth-order valence-corrected chi connectivity index (χ4v) is 4.61. The molecule has 1 amide bonds. The third-order valence-electron chi connectivity index (χ3n) is 4.36. The summed E-state index contributed by atoms with van der Waals surface area (Å²) in [6, 6.07) is 10.2. The molecule has 1 aliphatic rings. The molecule has 0 saturated carbocycles. The molecular weight excluding hydrogens is 356 g/mol. The van der Waals surface area contributed by atoms with Crippen LogP contribution in [0.4, 0.5) is 11.5 Å². The smallest absolute Gasteiger partial charge is 0.276 e. The molecule has 1 aromatic heterocycles. The van der Waals surface area contributed by atoms with Crippen molar-refractivity contribution < 1.29 is 17.9 Å². The number of carbonyl (C=O) groups excluding carboxylic acids is 1. The van der Waals surface area contributed by atoms with Crippen molar-refractivity contribution in [3.8, 4) is 5.75 Å². The van der Waals surface area contributed by atoms with Gasteiger partial charge in [0.1, 0.15) is 5.75 Å². The molecule has 8 nitrogen and oxygen atoms in total. The van der Waals surface area contributed by atoms with Crippen LogP contribution in [0.15, 0.2) is 36.4 Å². The number of benzene rings is 1. The van der Waals surface area contributed by atoms with E-state index in [1.165, 1.54) is 7.11 Å². The number of nitrogens with zero attached hydrogens (tertiary/aromatic N) is 3. The highest BCUT2D eigenvalue weighted by molar-refractivity contribution is 7.91. The molecule has 0 spiro atoms. The number of methoxy groups -OCH3 is 1. The molecule has 2 aromatic rings. The Kier molecular flexibility index (Phi) is 5.08. The summed E-state index contributed by atoms with van der Waals surface area (Å²) in [5.74, 6) is 0.976. The summed E-state index contributed by atoms with van der Waals surface area (Å²) in [7, 11) is 0.331. The Morgan fingerprint density at radius 1 is 1.23 bits per heavy atom. The zero-order valence-electron chi connectivity index (χ0n) is 14.5.